The van der Waals surface area contributed by atoms with Crippen molar-refractivity contribution in [3.05, 3.63) is 29.3 Å². The van der Waals surface area contributed by atoms with E-state index < -0.39 is 0 Å². The molecule has 0 heterocycles. The van der Waals surface area contributed by atoms with Crippen LogP contribution in [0.25, 0.3) is 0 Å². The summed E-state index contributed by atoms with van der Waals surface area (Å²) in [7, 11) is 0. The van der Waals surface area contributed by atoms with Crippen molar-refractivity contribution in [2.24, 2.45) is 5.73 Å². The zero-order valence-corrected chi connectivity index (χ0v) is 11.8. The number of anilines is 1. The topological polar surface area (TPSA) is 49.5 Å². The molecule has 3 nitrogen and oxygen atoms in total. The summed E-state index contributed by atoms with van der Waals surface area (Å²) in [5.74, 6) is 0. The minimum absolute atomic E-state index is 0.189. The van der Waals surface area contributed by atoms with Gasteiger partial charge in [0, 0.05) is 24.8 Å². The summed E-state index contributed by atoms with van der Waals surface area (Å²) in [6, 6.07) is 6.84. The van der Waals surface area contributed by atoms with Crippen molar-refractivity contribution in [1.29, 1.82) is 0 Å². The summed E-state index contributed by atoms with van der Waals surface area (Å²) in [4.78, 5) is 2.32. The molecular formula is C15H26N2O. The average Bonchev–Trinajstić information content (AvgIpc) is 2.39. The van der Waals surface area contributed by atoms with Gasteiger partial charge >= 0.3 is 0 Å². The Balaban J connectivity index is 3.04. The molecule has 0 aliphatic carbocycles. The van der Waals surface area contributed by atoms with Gasteiger partial charge in [0.25, 0.3) is 0 Å². The number of aliphatic hydroxyl groups excluding tert-OH is 1. The second-order valence-corrected chi connectivity index (χ2v) is 4.71. The number of nitrogens with two attached hydrogens (primary N) is 1. The lowest BCUT2D eigenvalue weighted by molar-refractivity contribution is 0.296. The number of aryl methyl sites for hydroxylation is 1. The Morgan fingerprint density at radius 2 is 1.94 bits per heavy atom. The first-order valence-electron chi connectivity index (χ1n) is 6.84. The quantitative estimate of drug-likeness (QED) is 0.781. The third-order valence-electron chi connectivity index (χ3n) is 3.53. The average molecular weight is 250 g/mol. The Hall–Kier alpha value is -1.06. The van der Waals surface area contributed by atoms with Crippen molar-refractivity contribution in [3.63, 3.8) is 0 Å². The number of benzene rings is 1. The normalized spacial score (nSPS) is 11.0. The Bertz CT molecular complexity index is 362. The zero-order chi connectivity index (χ0) is 13.5. The van der Waals surface area contributed by atoms with Crippen molar-refractivity contribution >= 4 is 5.69 Å². The van der Waals surface area contributed by atoms with Gasteiger partial charge in [-0.2, -0.15) is 0 Å². The van der Waals surface area contributed by atoms with E-state index in [9.17, 15) is 5.11 Å². The van der Waals surface area contributed by atoms with E-state index >= 15 is 0 Å². The predicted octanol–water partition coefficient (Wildman–Crippen LogP) is 2.44. The highest BCUT2D eigenvalue weighted by molar-refractivity contribution is 5.55. The minimum Gasteiger partial charge on any atom is -0.395 e. The molecule has 0 fully saturated rings. The highest BCUT2D eigenvalue weighted by Crippen LogP contribution is 2.25. The van der Waals surface area contributed by atoms with Crippen LogP contribution >= 0.6 is 0 Å². The van der Waals surface area contributed by atoms with Crippen LogP contribution in [0.3, 0.4) is 0 Å². The molecule has 1 aromatic rings. The second kappa shape index (κ2) is 7.39. The number of aliphatic hydroxyl groups is 1. The smallest absolute Gasteiger partial charge is 0.0606 e. The van der Waals surface area contributed by atoms with Gasteiger partial charge in [0.2, 0.25) is 0 Å². The summed E-state index contributed by atoms with van der Waals surface area (Å²) in [5, 5.41) is 9.27. The highest BCUT2D eigenvalue weighted by Gasteiger charge is 2.16. The van der Waals surface area contributed by atoms with Gasteiger partial charge < -0.3 is 15.7 Å². The van der Waals surface area contributed by atoms with Crippen LogP contribution in [0.2, 0.25) is 0 Å². The lowest BCUT2D eigenvalue weighted by atomic mass is 10.0. The predicted molar refractivity (Wildman–Crippen MR) is 77.9 cm³/mol. The third kappa shape index (κ3) is 3.47. The van der Waals surface area contributed by atoms with E-state index in [2.05, 4.69) is 43.9 Å². The fourth-order valence-electron chi connectivity index (χ4n) is 2.50. The SMILES string of the molecule is CCC(CC)N(CCO)c1ccc(CN)cc1C. The summed E-state index contributed by atoms with van der Waals surface area (Å²) in [6.45, 7) is 7.96. The lowest BCUT2D eigenvalue weighted by Gasteiger charge is -2.33. The first kappa shape index (κ1) is 15.0. The molecule has 0 radical (unpaired) electrons. The number of hydrogen-bond donors (Lipinski definition) is 2. The van der Waals surface area contributed by atoms with E-state index in [-0.39, 0.29) is 6.61 Å². The molecular weight excluding hydrogens is 224 g/mol. The Morgan fingerprint density at radius 1 is 1.28 bits per heavy atom. The monoisotopic (exact) mass is 250 g/mol. The zero-order valence-electron chi connectivity index (χ0n) is 11.8. The summed E-state index contributed by atoms with van der Waals surface area (Å²) >= 11 is 0. The van der Waals surface area contributed by atoms with E-state index in [0.29, 0.717) is 19.1 Å². The summed E-state index contributed by atoms with van der Waals surface area (Å²) in [6.07, 6.45) is 2.18. The van der Waals surface area contributed by atoms with Gasteiger partial charge in [0.1, 0.15) is 0 Å². The van der Waals surface area contributed by atoms with Crippen molar-refractivity contribution in [3.8, 4) is 0 Å². The first-order valence-corrected chi connectivity index (χ1v) is 6.84. The second-order valence-electron chi connectivity index (χ2n) is 4.71. The molecule has 102 valence electrons. The van der Waals surface area contributed by atoms with Crippen LogP contribution in [-0.2, 0) is 6.54 Å². The Labute approximate surface area is 111 Å². The fourth-order valence-corrected chi connectivity index (χ4v) is 2.50. The van der Waals surface area contributed by atoms with Crippen LogP contribution in [0.15, 0.2) is 18.2 Å². The summed E-state index contributed by atoms with van der Waals surface area (Å²) in [5.41, 5.74) is 9.27. The van der Waals surface area contributed by atoms with Crippen LogP contribution in [0, 0.1) is 6.92 Å². The van der Waals surface area contributed by atoms with E-state index in [1.807, 2.05) is 0 Å². The third-order valence-corrected chi connectivity index (χ3v) is 3.53. The molecule has 0 aliphatic rings. The van der Waals surface area contributed by atoms with Crippen molar-refractivity contribution in [1.82, 2.24) is 0 Å². The molecule has 0 unspecified atom stereocenters. The van der Waals surface area contributed by atoms with Gasteiger partial charge in [0.05, 0.1) is 6.61 Å². The molecule has 1 rings (SSSR count). The number of rotatable bonds is 7. The first-order chi connectivity index (χ1) is 8.67. The maximum absolute atomic E-state index is 9.27. The van der Waals surface area contributed by atoms with Crippen LogP contribution in [0.5, 0.6) is 0 Å². The maximum Gasteiger partial charge on any atom is 0.0606 e. The van der Waals surface area contributed by atoms with Crippen LogP contribution < -0.4 is 10.6 Å². The van der Waals surface area contributed by atoms with Gasteiger partial charge in [-0.05, 0) is 37.0 Å². The van der Waals surface area contributed by atoms with E-state index in [4.69, 9.17) is 5.73 Å². The highest BCUT2D eigenvalue weighted by atomic mass is 16.3. The van der Waals surface area contributed by atoms with Crippen LogP contribution in [0.4, 0.5) is 5.69 Å². The molecule has 0 saturated carbocycles. The summed E-state index contributed by atoms with van der Waals surface area (Å²) < 4.78 is 0. The largest absolute Gasteiger partial charge is 0.395 e. The molecule has 0 aromatic heterocycles. The van der Waals surface area contributed by atoms with Gasteiger partial charge in [-0.15, -0.1) is 0 Å². The van der Waals surface area contributed by atoms with E-state index in [1.54, 1.807) is 0 Å². The van der Waals surface area contributed by atoms with E-state index in [1.165, 1.54) is 11.3 Å². The standard InChI is InChI=1S/C15H26N2O/c1-4-14(5-2)17(8-9-18)15-7-6-13(11-16)10-12(15)3/h6-7,10,14,18H,4-5,8-9,11,16H2,1-3H3. The van der Waals surface area contributed by atoms with Gasteiger partial charge in [-0.3, -0.25) is 0 Å². The van der Waals surface area contributed by atoms with E-state index in [0.717, 1.165) is 18.4 Å². The molecule has 0 atom stereocenters. The maximum atomic E-state index is 9.27. The number of nitrogens with zero attached hydrogens (tertiary/aromatic N) is 1. The van der Waals surface area contributed by atoms with Gasteiger partial charge in [0.15, 0.2) is 0 Å². The molecule has 0 saturated heterocycles. The molecule has 18 heavy (non-hydrogen) atoms. The molecule has 3 heteroatoms. The molecule has 3 N–H and O–H groups in total. The lowest BCUT2D eigenvalue weighted by Crippen LogP contribution is -2.37. The van der Waals surface area contributed by atoms with Crippen LogP contribution in [0.1, 0.15) is 37.8 Å². The number of hydrogen-bond acceptors (Lipinski definition) is 3. The van der Waals surface area contributed by atoms with Crippen LogP contribution in [-0.4, -0.2) is 24.3 Å². The van der Waals surface area contributed by atoms with Crippen molar-refractivity contribution in [2.45, 2.75) is 46.2 Å². The Kier molecular flexibility index (Phi) is 6.16. The molecule has 0 aliphatic heterocycles. The molecule has 1 aromatic carbocycles. The fraction of sp³-hybridized carbons (Fsp3) is 0.600. The molecule has 0 amide bonds. The molecule has 0 spiro atoms. The van der Waals surface area contributed by atoms with Gasteiger partial charge in [-0.1, -0.05) is 26.0 Å². The van der Waals surface area contributed by atoms with Crippen molar-refractivity contribution < 1.29 is 5.11 Å². The molecule has 0 bridgehead atoms. The Morgan fingerprint density at radius 3 is 2.39 bits per heavy atom. The van der Waals surface area contributed by atoms with Crippen molar-refractivity contribution in [2.75, 3.05) is 18.1 Å². The minimum atomic E-state index is 0.189. The van der Waals surface area contributed by atoms with Gasteiger partial charge in [-0.25, -0.2) is 0 Å².